The van der Waals surface area contributed by atoms with Gasteiger partial charge in [0.25, 0.3) is 5.91 Å². The summed E-state index contributed by atoms with van der Waals surface area (Å²) >= 11 is 0. The molecular weight excluding hydrogens is 404 g/mol. The maximum atomic E-state index is 13.3. The van der Waals surface area contributed by atoms with Crippen molar-refractivity contribution in [2.24, 2.45) is 5.92 Å². The lowest BCUT2D eigenvalue weighted by molar-refractivity contribution is 0.0716. The van der Waals surface area contributed by atoms with Gasteiger partial charge in [-0.3, -0.25) is 4.79 Å². The highest BCUT2D eigenvalue weighted by molar-refractivity contribution is 7.89. The molecule has 2 aliphatic carbocycles. The number of nitrogens with zero attached hydrogens (tertiary/aromatic N) is 2. The van der Waals surface area contributed by atoms with Crippen molar-refractivity contribution in [3.8, 4) is 5.75 Å². The van der Waals surface area contributed by atoms with Crippen molar-refractivity contribution in [1.82, 2.24) is 9.21 Å². The van der Waals surface area contributed by atoms with Gasteiger partial charge in [-0.15, -0.1) is 0 Å². The SMILES string of the molecule is COc1ccc(C(=O)N(Cc2ccc(C3CC3C)o2)C2CC2)cc1S(=O)(=O)N(C)C. The smallest absolute Gasteiger partial charge is 0.254 e. The van der Waals surface area contributed by atoms with Crippen molar-refractivity contribution < 1.29 is 22.4 Å². The van der Waals surface area contributed by atoms with E-state index in [-0.39, 0.29) is 22.6 Å². The fourth-order valence-corrected chi connectivity index (χ4v) is 4.77. The minimum Gasteiger partial charge on any atom is -0.495 e. The number of hydrogen-bond acceptors (Lipinski definition) is 5. The third-order valence-electron chi connectivity index (χ3n) is 5.90. The molecule has 2 aliphatic rings. The normalized spacial score (nSPS) is 21.0. The van der Waals surface area contributed by atoms with Crippen molar-refractivity contribution in [2.75, 3.05) is 21.2 Å². The molecule has 2 atom stereocenters. The highest BCUT2D eigenvalue weighted by Crippen LogP contribution is 2.47. The first-order valence-corrected chi connectivity index (χ1v) is 11.7. The Kier molecular flexibility index (Phi) is 5.40. The van der Waals surface area contributed by atoms with Crippen LogP contribution >= 0.6 is 0 Å². The van der Waals surface area contributed by atoms with E-state index in [1.54, 1.807) is 11.0 Å². The molecule has 8 heteroatoms. The summed E-state index contributed by atoms with van der Waals surface area (Å²) in [6, 6.07) is 8.67. The summed E-state index contributed by atoms with van der Waals surface area (Å²) < 4.78 is 37.7. The molecule has 0 spiro atoms. The third-order valence-corrected chi connectivity index (χ3v) is 7.74. The number of hydrogen-bond donors (Lipinski definition) is 0. The van der Waals surface area contributed by atoms with Gasteiger partial charge in [0, 0.05) is 31.6 Å². The molecule has 0 bridgehead atoms. The van der Waals surface area contributed by atoms with Crippen LogP contribution < -0.4 is 4.74 Å². The van der Waals surface area contributed by atoms with Gasteiger partial charge in [-0.05, 0) is 55.5 Å². The van der Waals surface area contributed by atoms with Gasteiger partial charge < -0.3 is 14.1 Å². The predicted molar refractivity (Wildman–Crippen MR) is 112 cm³/mol. The van der Waals surface area contributed by atoms with Crippen LogP contribution in [0.2, 0.25) is 0 Å². The molecule has 2 unspecified atom stereocenters. The largest absolute Gasteiger partial charge is 0.495 e. The Bertz CT molecular complexity index is 1060. The molecule has 30 heavy (non-hydrogen) atoms. The molecular formula is C22H28N2O5S. The van der Waals surface area contributed by atoms with Crippen LogP contribution in [-0.2, 0) is 16.6 Å². The second-order valence-electron chi connectivity index (χ2n) is 8.44. The van der Waals surface area contributed by atoms with E-state index in [2.05, 4.69) is 6.92 Å². The van der Waals surface area contributed by atoms with Crippen LogP contribution in [0.3, 0.4) is 0 Å². The molecule has 1 aromatic carbocycles. The maximum Gasteiger partial charge on any atom is 0.254 e. The van der Waals surface area contributed by atoms with Crippen LogP contribution in [0.15, 0.2) is 39.6 Å². The van der Waals surface area contributed by atoms with Gasteiger partial charge in [-0.2, -0.15) is 0 Å². The van der Waals surface area contributed by atoms with Crippen molar-refractivity contribution in [1.29, 1.82) is 0 Å². The van der Waals surface area contributed by atoms with Crippen LogP contribution in [0.1, 0.15) is 54.0 Å². The van der Waals surface area contributed by atoms with Gasteiger partial charge in [-0.25, -0.2) is 12.7 Å². The number of rotatable bonds is 8. The molecule has 2 saturated carbocycles. The van der Waals surface area contributed by atoms with Crippen molar-refractivity contribution in [3.63, 3.8) is 0 Å². The van der Waals surface area contributed by atoms with Crippen LogP contribution in [0, 0.1) is 5.92 Å². The number of sulfonamides is 1. The van der Waals surface area contributed by atoms with Gasteiger partial charge in [-0.1, -0.05) is 6.92 Å². The van der Waals surface area contributed by atoms with Crippen LogP contribution in [0.25, 0.3) is 0 Å². The second-order valence-corrected chi connectivity index (χ2v) is 10.6. The summed E-state index contributed by atoms with van der Waals surface area (Å²) in [5.41, 5.74) is 0.325. The molecule has 7 nitrogen and oxygen atoms in total. The van der Waals surface area contributed by atoms with E-state index >= 15 is 0 Å². The average molecular weight is 433 g/mol. The van der Waals surface area contributed by atoms with E-state index < -0.39 is 10.0 Å². The third kappa shape index (κ3) is 3.98. The Labute approximate surface area is 177 Å². The fraction of sp³-hybridized carbons (Fsp3) is 0.500. The van der Waals surface area contributed by atoms with Crippen molar-refractivity contribution >= 4 is 15.9 Å². The van der Waals surface area contributed by atoms with Crippen molar-refractivity contribution in [3.05, 3.63) is 47.4 Å². The lowest BCUT2D eigenvalue weighted by atomic mass is 10.1. The summed E-state index contributed by atoms with van der Waals surface area (Å²) in [4.78, 5) is 15.1. The van der Waals surface area contributed by atoms with Crippen LogP contribution in [0.4, 0.5) is 0 Å². The van der Waals surface area contributed by atoms with E-state index in [0.29, 0.717) is 23.9 Å². The first-order chi connectivity index (χ1) is 14.2. The Morgan fingerprint density at radius 2 is 1.90 bits per heavy atom. The Balaban J connectivity index is 1.60. The second kappa shape index (κ2) is 7.74. The molecule has 2 fully saturated rings. The number of amides is 1. The molecule has 0 radical (unpaired) electrons. The van der Waals surface area contributed by atoms with Crippen LogP contribution in [0.5, 0.6) is 5.75 Å². The number of methoxy groups -OCH3 is 1. The number of ether oxygens (including phenoxy) is 1. The minimum atomic E-state index is -3.75. The number of furan rings is 1. The maximum absolute atomic E-state index is 13.3. The molecule has 0 N–H and O–H groups in total. The summed E-state index contributed by atoms with van der Waals surface area (Å²) in [5.74, 6) is 2.91. The highest BCUT2D eigenvalue weighted by Gasteiger charge is 2.38. The molecule has 4 rings (SSSR count). The standard InChI is InChI=1S/C22H28N2O5S/c1-14-11-18(14)19-10-8-17(29-19)13-24(16-6-7-16)22(25)15-5-9-20(28-4)21(12-15)30(26,27)23(2)3/h5,8-10,12,14,16,18H,6-7,11,13H2,1-4H3. The molecule has 1 heterocycles. The van der Waals surface area contributed by atoms with E-state index in [1.807, 2.05) is 12.1 Å². The zero-order valence-electron chi connectivity index (χ0n) is 17.8. The van der Waals surface area contributed by atoms with Gasteiger partial charge in [0.2, 0.25) is 10.0 Å². The van der Waals surface area contributed by atoms with E-state index in [4.69, 9.17) is 9.15 Å². The van der Waals surface area contributed by atoms with Gasteiger partial charge in [0.05, 0.1) is 13.7 Å². The number of benzene rings is 1. The first kappa shape index (κ1) is 20.9. The molecule has 1 aromatic heterocycles. The topological polar surface area (TPSA) is 80.1 Å². The Hall–Kier alpha value is -2.32. The Morgan fingerprint density at radius 3 is 2.47 bits per heavy atom. The van der Waals surface area contributed by atoms with E-state index in [0.717, 1.165) is 35.1 Å². The predicted octanol–water partition coefficient (Wildman–Crippen LogP) is 3.47. The van der Waals surface area contributed by atoms with Crippen molar-refractivity contribution in [2.45, 2.75) is 49.6 Å². The van der Waals surface area contributed by atoms with Gasteiger partial charge in [0.15, 0.2) is 0 Å². The molecule has 1 amide bonds. The van der Waals surface area contributed by atoms with Gasteiger partial charge >= 0.3 is 0 Å². The average Bonchev–Trinajstić information content (AvgIpc) is 3.64. The number of carbonyl (C=O) groups is 1. The summed E-state index contributed by atoms with van der Waals surface area (Å²) in [6.07, 6.45) is 3.03. The monoisotopic (exact) mass is 432 g/mol. The Morgan fingerprint density at radius 1 is 1.20 bits per heavy atom. The zero-order chi connectivity index (χ0) is 21.6. The van der Waals surface area contributed by atoms with E-state index in [1.165, 1.54) is 33.3 Å². The fourth-order valence-electron chi connectivity index (χ4n) is 3.69. The lowest BCUT2D eigenvalue weighted by Gasteiger charge is -2.22. The summed E-state index contributed by atoms with van der Waals surface area (Å²) in [6.45, 7) is 2.59. The van der Waals surface area contributed by atoms with E-state index in [9.17, 15) is 13.2 Å². The lowest BCUT2D eigenvalue weighted by Crippen LogP contribution is -2.32. The number of carbonyl (C=O) groups excluding carboxylic acids is 1. The molecule has 0 saturated heterocycles. The molecule has 2 aromatic rings. The minimum absolute atomic E-state index is 0.0143. The summed E-state index contributed by atoms with van der Waals surface area (Å²) in [5, 5.41) is 0. The molecule has 162 valence electrons. The quantitative estimate of drug-likeness (QED) is 0.638. The summed E-state index contributed by atoms with van der Waals surface area (Å²) in [7, 11) is 0.570. The zero-order valence-corrected chi connectivity index (χ0v) is 18.6. The highest BCUT2D eigenvalue weighted by atomic mass is 32.2. The molecule has 0 aliphatic heterocycles. The van der Waals surface area contributed by atoms with Gasteiger partial charge in [0.1, 0.15) is 22.2 Å². The van der Waals surface area contributed by atoms with Crippen LogP contribution in [-0.4, -0.2) is 50.8 Å². The first-order valence-electron chi connectivity index (χ1n) is 10.2.